The smallest absolute Gasteiger partial charge is 0.00296 e. The van der Waals surface area contributed by atoms with Crippen molar-refractivity contribution in [1.82, 2.24) is 0 Å². The number of halogens is 1. The lowest BCUT2D eigenvalue weighted by Gasteiger charge is -1.69. The molecular weight excluding hydrogens is 132 g/mol. The Balaban J connectivity index is 0.000000187. The fourth-order valence-electron chi connectivity index (χ4n) is 0.385. The lowest BCUT2D eigenvalue weighted by Crippen LogP contribution is -1.47. The standard InChI is InChI=1S/C6H6.C2H3Cl/c1-2-4-6-5-3-1;1-2-3/h1-6H;2H,1H2. The summed E-state index contributed by atoms with van der Waals surface area (Å²) in [5.74, 6) is 0. The van der Waals surface area contributed by atoms with Crippen molar-refractivity contribution in [2.24, 2.45) is 0 Å². The van der Waals surface area contributed by atoms with Crippen molar-refractivity contribution in [3.63, 3.8) is 0 Å². The minimum atomic E-state index is 1.22. The first-order valence-electron chi connectivity index (χ1n) is 2.63. The van der Waals surface area contributed by atoms with E-state index in [0.29, 0.717) is 0 Å². The summed E-state index contributed by atoms with van der Waals surface area (Å²) in [6.07, 6.45) is 0. The second kappa shape index (κ2) is 7.25. The third-order valence-corrected chi connectivity index (χ3v) is 0.667. The summed E-state index contributed by atoms with van der Waals surface area (Å²) < 4.78 is 0. The minimum absolute atomic E-state index is 1.22. The van der Waals surface area contributed by atoms with E-state index in [-0.39, 0.29) is 0 Å². The molecule has 0 unspecified atom stereocenters. The van der Waals surface area contributed by atoms with Gasteiger partial charge in [-0.25, -0.2) is 0 Å². The highest BCUT2D eigenvalue weighted by molar-refractivity contribution is 6.25. The molecule has 0 atom stereocenters. The third kappa shape index (κ3) is 7.25. The van der Waals surface area contributed by atoms with Gasteiger partial charge in [-0.2, -0.15) is 0 Å². The van der Waals surface area contributed by atoms with Gasteiger partial charge in [0.05, 0.1) is 0 Å². The van der Waals surface area contributed by atoms with E-state index in [4.69, 9.17) is 11.6 Å². The van der Waals surface area contributed by atoms with Crippen LogP contribution in [0.1, 0.15) is 0 Å². The van der Waals surface area contributed by atoms with Crippen molar-refractivity contribution in [3.05, 3.63) is 48.5 Å². The Morgan fingerprint density at radius 2 is 1.00 bits per heavy atom. The summed E-state index contributed by atoms with van der Waals surface area (Å²) in [5.41, 5.74) is 1.22. The molecule has 0 bridgehead atoms. The number of hydrogen-bond donors (Lipinski definition) is 0. The maximum Gasteiger partial charge on any atom is -0.00296 e. The highest BCUT2D eigenvalue weighted by atomic mass is 35.5. The Morgan fingerprint density at radius 3 is 1.11 bits per heavy atom. The number of hydrogen-bond acceptors (Lipinski definition) is 0. The molecule has 0 aliphatic heterocycles. The Hall–Kier alpha value is -0.750. The van der Waals surface area contributed by atoms with Crippen LogP contribution >= 0.6 is 11.6 Å². The zero-order valence-corrected chi connectivity index (χ0v) is 5.88. The molecule has 0 radical (unpaired) electrons. The largest absolute Gasteiger partial charge is 0.0936 e. The molecule has 0 heterocycles. The second-order valence-electron chi connectivity index (χ2n) is 1.31. The van der Waals surface area contributed by atoms with E-state index in [9.17, 15) is 0 Å². The molecule has 0 spiro atoms. The van der Waals surface area contributed by atoms with Crippen LogP contribution in [0.5, 0.6) is 0 Å². The van der Waals surface area contributed by atoms with Gasteiger partial charge in [0.15, 0.2) is 0 Å². The van der Waals surface area contributed by atoms with E-state index in [1.807, 2.05) is 36.4 Å². The van der Waals surface area contributed by atoms with Crippen molar-refractivity contribution in [3.8, 4) is 0 Å². The topological polar surface area (TPSA) is 0 Å². The predicted octanol–water partition coefficient (Wildman–Crippen LogP) is 3.06. The molecular formula is C8H9Cl. The van der Waals surface area contributed by atoms with E-state index >= 15 is 0 Å². The summed E-state index contributed by atoms with van der Waals surface area (Å²) in [6, 6.07) is 12.0. The molecule has 9 heavy (non-hydrogen) atoms. The SMILES string of the molecule is C=CCl.c1ccccc1. The van der Waals surface area contributed by atoms with Crippen molar-refractivity contribution in [2.45, 2.75) is 0 Å². The molecule has 0 aromatic heterocycles. The highest BCUT2D eigenvalue weighted by Crippen LogP contribution is 1.79. The zero-order chi connectivity index (χ0) is 6.95. The first-order chi connectivity index (χ1) is 4.41. The van der Waals surface area contributed by atoms with Crippen LogP contribution < -0.4 is 0 Å². The first kappa shape index (κ1) is 8.25. The van der Waals surface area contributed by atoms with E-state index in [0.717, 1.165) is 0 Å². The number of rotatable bonds is 0. The van der Waals surface area contributed by atoms with Crippen LogP contribution in [0.25, 0.3) is 0 Å². The lowest BCUT2D eigenvalue weighted by atomic mass is 10.4. The molecule has 1 heteroatoms. The van der Waals surface area contributed by atoms with Crippen molar-refractivity contribution in [2.75, 3.05) is 0 Å². The molecule has 0 aliphatic carbocycles. The fourth-order valence-corrected chi connectivity index (χ4v) is 0.385. The molecule has 0 fully saturated rings. The van der Waals surface area contributed by atoms with Crippen LogP contribution in [0.2, 0.25) is 0 Å². The van der Waals surface area contributed by atoms with Gasteiger partial charge in [0, 0.05) is 0 Å². The molecule has 1 aromatic rings. The highest BCUT2D eigenvalue weighted by Gasteiger charge is 1.57. The summed E-state index contributed by atoms with van der Waals surface area (Å²) >= 11 is 4.76. The Kier molecular flexibility index (Phi) is 6.65. The van der Waals surface area contributed by atoms with Crippen LogP contribution in [0.15, 0.2) is 48.5 Å². The molecule has 48 valence electrons. The van der Waals surface area contributed by atoms with Gasteiger partial charge in [0.1, 0.15) is 0 Å². The van der Waals surface area contributed by atoms with E-state index in [2.05, 4.69) is 6.58 Å². The van der Waals surface area contributed by atoms with E-state index < -0.39 is 0 Å². The van der Waals surface area contributed by atoms with Crippen LogP contribution in [-0.2, 0) is 0 Å². The minimum Gasteiger partial charge on any atom is -0.0936 e. The Bertz CT molecular complexity index is 108. The fraction of sp³-hybridized carbons (Fsp3) is 0. The van der Waals surface area contributed by atoms with Gasteiger partial charge >= 0.3 is 0 Å². The maximum absolute atomic E-state index is 4.76. The molecule has 0 aliphatic rings. The maximum atomic E-state index is 4.76. The van der Waals surface area contributed by atoms with E-state index in [1.54, 1.807) is 0 Å². The monoisotopic (exact) mass is 140 g/mol. The normalized spacial score (nSPS) is 6.78. The van der Waals surface area contributed by atoms with Crippen LogP contribution in [0, 0.1) is 0 Å². The van der Waals surface area contributed by atoms with Crippen LogP contribution in [0.3, 0.4) is 0 Å². The van der Waals surface area contributed by atoms with Gasteiger partial charge in [0.25, 0.3) is 0 Å². The second-order valence-corrected chi connectivity index (χ2v) is 1.62. The molecule has 0 N–H and O–H groups in total. The summed E-state index contributed by atoms with van der Waals surface area (Å²) in [4.78, 5) is 0. The predicted molar refractivity (Wildman–Crippen MR) is 42.5 cm³/mol. The molecule has 1 rings (SSSR count). The van der Waals surface area contributed by atoms with Crippen molar-refractivity contribution in [1.29, 1.82) is 0 Å². The molecule has 0 amide bonds. The van der Waals surface area contributed by atoms with Gasteiger partial charge in [-0.15, -0.1) is 0 Å². The van der Waals surface area contributed by atoms with Crippen molar-refractivity contribution < 1.29 is 0 Å². The first-order valence-corrected chi connectivity index (χ1v) is 3.06. The van der Waals surface area contributed by atoms with Gasteiger partial charge in [-0.3, -0.25) is 0 Å². The van der Waals surface area contributed by atoms with Crippen molar-refractivity contribution >= 4 is 11.6 Å². The summed E-state index contributed by atoms with van der Waals surface area (Å²) in [5, 5.41) is 0. The summed E-state index contributed by atoms with van der Waals surface area (Å²) in [7, 11) is 0. The molecule has 1 aromatic carbocycles. The van der Waals surface area contributed by atoms with Gasteiger partial charge in [0.2, 0.25) is 0 Å². The zero-order valence-electron chi connectivity index (χ0n) is 5.13. The van der Waals surface area contributed by atoms with Gasteiger partial charge in [-0.1, -0.05) is 54.6 Å². The quantitative estimate of drug-likeness (QED) is 0.520. The average molecular weight is 141 g/mol. The van der Waals surface area contributed by atoms with Crippen LogP contribution in [0.4, 0.5) is 0 Å². The Labute approximate surface area is 60.8 Å². The van der Waals surface area contributed by atoms with Gasteiger partial charge < -0.3 is 0 Å². The Morgan fingerprint density at radius 1 is 0.889 bits per heavy atom. The summed E-state index contributed by atoms with van der Waals surface area (Å²) in [6.45, 7) is 3.13. The lowest BCUT2D eigenvalue weighted by molar-refractivity contribution is 1.72. The van der Waals surface area contributed by atoms with E-state index in [1.165, 1.54) is 5.54 Å². The number of benzene rings is 1. The molecule has 0 saturated carbocycles. The van der Waals surface area contributed by atoms with Gasteiger partial charge in [-0.05, 0) is 5.54 Å². The van der Waals surface area contributed by atoms with Crippen LogP contribution in [-0.4, -0.2) is 0 Å². The third-order valence-electron chi connectivity index (χ3n) is 0.667. The average Bonchev–Trinajstić information content (AvgIpc) is 1.93. The molecule has 0 saturated heterocycles. The molecule has 0 nitrogen and oxygen atoms in total.